The zero-order chi connectivity index (χ0) is 19.6. The van der Waals surface area contributed by atoms with Crippen molar-refractivity contribution in [2.45, 2.75) is 52.0 Å². The molecule has 3 rings (SSSR count). The number of rotatable bonds is 10. The van der Waals surface area contributed by atoms with E-state index in [4.69, 9.17) is 9.41 Å². The summed E-state index contributed by atoms with van der Waals surface area (Å²) in [7, 11) is 0. The van der Waals surface area contributed by atoms with Crippen LogP contribution >= 0.6 is 11.3 Å². The summed E-state index contributed by atoms with van der Waals surface area (Å²) in [5.41, 5.74) is 0. The molecule has 6 nitrogen and oxygen atoms in total. The van der Waals surface area contributed by atoms with Gasteiger partial charge in [0.1, 0.15) is 5.76 Å². The third kappa shape index (κ3) is 6.34. The second-order valence-electron chi connectivity index (χ2n) is 7.12. The van der Waals surface area contributed by atoms with Crippen LogP contribution in [-0.4, -0.2) is 54.6 Å². The van der Waals surface area contributed by atoms with E-state index in [1.807, 2.05) is 29.7 Å². The van der Waals surface area contributed by atoms with Gasteiger partial charge in [0, 0.05) is 43.0 Å². The molecule has 0 saturated carbocycles. The van der Waals surface area contributed by atoms with Gasteiger partial charge in [0.05, 0.1) is 17.8 Å². The number of furan rings is 1. The van der Waals surface area contributed by atoms with Gasteiger partial charge >= 0.3 is 0 Å². The van der Waals surface area contributed by atoms with Crippen molar-refractivity contribution in [3.63, 3.8) is 0 Å². The molecule has 0 amide bonds. The van der Waals surface area contributed by atoms with Gasteiger partial charge < -0.3 is 15.1 Å². The number of thiazole rings is 1. The van der Waals surface area contributed by atoms with Crippen LogP contribution in [0.3, 0.4) is 0 Å². The number of hydrogen-bond donors (Lipinski definition) is 2. The van der Waals surface area contributed by atoms with E-state index in [1.165, 1.54) is 29.3 Å². The number of hydrogen-bond acceptors (Lipinski definition) is 5. The molecule has 3 heterocycles. The van der Waals surface area contributed by atoms with Crippen molar-refractivity contribution in [2.24, 2.45) is 4.99 Å². The van der Waals surface area contributed by atoms with Gasteiger partial charge in [-0.25, -0.2) is 4.98 Å². The van der Waals surface area contributed by atoms with Crippen LogP contribution in [0.2, 0.25) is 0 Å². The molecule has 2 aromatic rings. The molecule has 1 unspecified atom stereocenters. The summed E-state index contributed by atoms with van der Waals surface area (Å²) < 4.78 is 5.42. The normalized spacial score (nSPS) is 17.9. The summed E-state index contributed by atoms with van der Waals surface area (Å²) >= 11 is 1.81. The highest BCUT2D eigenvalue weighted by atomic mass is 32.1. The van der Waals surface area contributed by atoms with E-state index in [2.05, 4.69) is 34.4 Å². The molecule has 28 heavy (non-hydrogen) atoms. The Kier molecular flexibility index (Phi) is 8.36. The van der Waals surface area contributed by atoms with Crippen molar-refractivity contribution in [2.75, 3.05) is 32.7 Å². The quantitative estimate of drug-likeness (QED) is 0.471. The summed E-state index contributed by atoms with van der Waals surface area (Å²) in [4.78, 5) is 13.3. The van der Waals surface area contributed by atoms with Crippen molar-refractivity contribution >= 4 is 17.3 Å². The van der Waals surface area contributed by atoms with Gasteiger partial charge in [-0.3, -0.25) is 9.89 Å². The first-order valence-electron chi connectivity index (χ1n) is 10.5. The zero-order valence-electron chi connectivity index (χ0n) is 17.1. The molecule has 2 N–H and O–H groups in total. The minimum Gasteiger partial charge on any atom is -0.469 e. The number of aliphatic imine (C=N–C) groups is 1. The predicted molar refractivity (Wildman–Crippen MR) is 116 cm³/mol. The number of nitrogens with one attached hydrogen (secondary N) is 2. The molecule has 0 radical (unpaired) electrons. The minimum atomic E-state index is 0.569. The fourth-order valence-corrected chi connectivity index (χ4v) is 4.42. The monoisotopic (exact) mass is 403 g/mol. The van der Waals surface area contributed by atoms with Crippen molar-refractivity contribution in [3.8, 4) is 0 Å². The molecule has 1 aliphatic heterocycles. The smallest absolute Gasteiger partial charge is 0.191 e. The Morgan fingerprint density at radius 3 is 2.89 bits per heavy atom. The van der Waals surface area contributed by atoms with E-state index < -0.39 is 0 Å². The summed E-state index contributed by atoms with van der Waals surface area (Å²) in [6, 6.07) is 4.51. The first-order chi connectivity index (χ1) is 13.8. The molecule has 0 spiro atoms. The van der Waals surface area contributed by atoms with Crippen molar-refractivity contribution in [1.29, 1.82) is 0 Å². The molecule has 1 atom stereocenters. The molecular weight excluding hydrogens is 370 g/mol. The molecule has 154 valence electrons. The zero-order valence-corrected chi connectivity index (χ0v) is 17.9. The van der Waals surface area contributed by atoms with E-state index >= 15 is 0 Å². The Labute approximate surface area is 172 Å². The maximum atomic E-state index is 5.42. The maximum absolute atomic E-state index is 5.42. The fraction of sp³-hybridized carbons (Fsp3) is 0.619. The van der Waals surface area contributed by atoms with Crippen molar-refractivity contribution in [1.82, 2.24) is 20.5 Å². The summed E-state index contributed by atoms with van der Waals surface area (Å²) in [5.74, 6) is 1.89. The molecule has 2 aromatic heterocycles. The van der Waals surface area contributed by atoms with E-state index in [0.29, 0.717) is 6.04 Å². The third-order valence-electron chi connectivity index (χ3n) is 5.19. The number of likely N-dealkylation sites (N-methyl/N-ethyl adjacent to an activating group) is 1. The molecule has 1 fully saturated rings. The molecule has 7 heteroatoms. The number of nitrogens with zero attached hydrogens (tertiary/aromatic N) is 3. The molecule has 1 aliphatic rings. The lowest BCUT2D eigenvalue weighted by molar-refractivity contribution is 0.273. The summed E-state index contributed by atoms with van der Waals surface area (Å²) in [6.07, 6.45) is 9.08. The minimum absolute atomic E-state index is 0.569. The van der Waals surface area contributed by atoms with Gasteiger partial charge in [-0.15, -0.1) is 11.3 Å². The highest BCUT2D eigenvalue weighted by Crippen LogP contribution is 2.16. The summed E-state index contributed by atoms with van der Waals surface area (Å²) in [6.45, 7) is 9.21. The lowest BCUT2D eigenvalue weighted by Gasteiger charge is -2.21. The third-order valence-corrected chi connectivity index (χ3v) is 6.39. The Morgan fingerprint density at radius 2 is 2.18 bits per heavy atom. The first-order valence-corrected chi connectivity index (χ1v) is 11.3. The Balaban J connectivity index is 1.50. The van der Waals surface area contributed by atoms with Crippen molar-refractivity contribution < 1.29 is 4.42 Å². The standard InChI is InChI=1S/C21H33N5OS/c1-3-19-16-24-20(28-19)10-12-23-21(22-11-9-18-8-6-14-27-18)25-15-17-7-5-13-26(17)4-2/h6,8,14,16-17H,3-5,7,9-13,15H2,1-2H3,(H2,22,23,25). The molecular formula is C21H33N5OS. The highest BCUT2D eigenvalue weighted by Gasteiger charge is 2.22. The van der Waals surface area contributed by atoms with E-state index in [1.54, 1.807) is 6.26 Å². The molecule has 0 aromatic carbocycles. The second-order valence-corrected chi connectivity index (χ2v) is 8.32. The van der Waals surface area contributed by atoms with Crippen molar-refractivity contribution in [3.05, 3.63) is 40.2 Å². The lowest BCUT2D eigenvalue weighted by atomic mass is 10.2. The van der Waals surface area contributed by atoms with Crippen LogP contribution < -0.4 is 10.6 Å². The lowest BCUT2D eigenvalue weighted by Crippen LogP contribution is -2.41. The van der Waals surface area contributed by atoms with E-state index in [-0.39, 0.29) is 0 Å². The van der Waals surface area contributed by atoms with E-state index in [9.17, 15) is 0 Å². The number of guanidine groups is 1. The van der Waals surface area contributed by atoms with Gasteiger partial charge in [0.2, 0.25) is 0 Å². The van der Waals surface area contributed by atoms with E-state index in [0.717, 1.165) is 57.2 Å². The SMILES string of the molecule is CCc1cnc(CCNC(=NCC2CCCN2CC)NCCc2ccco2)s1. The van der Waals surface area contributed by atoms with Gasteiger partial charge in [-0.2, -0.15) is 0 Å². The Hall–Kier alpha value is -1.86. The van der Waals surface area contributed by atoms with Crippen LogP contribution in [0.1, 0.15) is 42.3 Å². The highest BCUT2D eigenvalue weighted by molar-refractivity contribution is 7.11. The average Bonchev–Trinajstić information content (AvgIpc) is 3.46. The molecule has 0 bridgehead atoms. The van der Waals surface area contributed by atoms with Gasteiger partial charge in [0.25, 0.3) is 0 Å². The fourth-order valence-electron chi connectivity index (χ4n) is 3.56. The molecule has 1 saturated heterocycles. The largest absolute Gasteiger partial charge is 0.469 e. The average molecular weight is 404 g/mol. The van der Waals surface area contributed by atoms with Gasteiger partial charge in [0.15, 0.2) is 5.96 Å². The van der Waals surface area contributed by atoms with Gasteiger partial charge in [-0.1, -0.05) is 13.8 Å². The van der Waals surface area contributed by atoms with Crippen LogP contribution in [0, 0.1) is 0 Å². The van der Waals surface area contributed by atoms with Crippen LogP contribution in [0.15, 0.2) is 34.0 Å². The first kappa shape index (κ1) is 20.9. The van der Waals surface area contributed by atoms with Crippen LogP contribution in [-0.2, 0) is 19.3 Å². The van der Waals surface area contributed by atoms with Crippen LogP contribution in [0.25, 0.3) is 0 Å². The van der Waals surface area contributed by atoms with Crippen LogP contribution in [0.4, 0.5) is 0 Å². The summed E-state index contributed by atoms with van der Waals surface area (Å²) in [5, 5.41) is 8.14. The number of aromatic nitrogens is 1. The number of likely N-dealkylation sites (tertiary alicyclic amines) is 1. The second kappa shape index (κ2) is 11.2. The topological polar surface area (TPSA) is 65.7 Å². The molecule has 0 aliphatic carbocycles. The maximum Gasteiger partial charge on any atom is 0.191 e. The number of aryl methyl sites for hydroxylation is 1. The predicted octanol–water partition coefficient (Wildman–Crippen LogP) is 3.10. The van der Waals surface area contributed by atoms with Gasteiger partial charge in [-0.05, 0) is 44.5 Å². The Bertz CT molecular complexity index is 712. The van der Waals surface area contributed by atoms with Crippen LogP contribution in [0.5, 0.6) is 0 Å². The Morgan fingerprint density at radius 1 is 1.32 bits per heavy atom.